The molecule has 1 saturated heterocycles. The Morgan fingerprint density at radius 1 is 1.19 bits per heavy atom. The van der Waals surface area contributed by atoms with Gasteiger partial charge in [-0.3, -0.25) is 9.79 Å². The molecule has 2 heterocycles. The summed E-state index contributed by atoms with van der Waals surface area (Å²) in [5, 5.41) is 6.93. The minimum absolute atomic E-state index is 0.0802. The van der Waals surface area contributed by atoms with Gasteiger partial charge in [-0.15, -0.1) is 0 Å². The number of benzene rings is 1. The molecule has 0 unspecified atom stereocenters. The van der Waals surface area contributed by atoms with Crippen LogP contribution >= 0.6 is 0 Å². The first-order chi connectivity index (χ1) is 17.7. The first-order valence-electron chi connectivity index (χ1n) is 13.3. The van der Waals surface area contributed by atoms with E-state index in [1.165, 1.54) is 16.1 Å². The zero-order valence-electron chi connectivity index (χ0n) is 21.7. The highest BCUT2D eigenvalue weighted by Gasteiger charge is 2.48. The Kier molecular flexibility index (Phi) is 8.69. The van der Waals surface area contributed by atoms with Crippen LogP contribution < -0.4 is 10.6 Å². The van der Waals surface area contributed by atoms with Gasteiger partial charge in [-0.05, 0) is 48.8 Å². The third kappa shape index (κ3) is 6.98. The Hall–Kier alpha value is -2.72. The van der Waals surface area contributed by atoms with Crippen molar-refractivity contribution < 1.29 is 22.7 Å². The van der Waals surface area contributed by atoms with Gasteiger partial charge < -0.3 is 15.4 Å². The third-order valence-corrected chi connectivity index (χ3v) is 8.86. The number of piperidine rings is 1. The average molecular weight is 531 g/mol. The number of hydrogen-bond acceptors (Lipinski definition) is 6. The normalized spacial score (nSPS) is 20.8. The van der Waals surface area contributed by atoms with Crippen molar-refractivity contribution in [3.8, 4) is 0 Å². The van der Waals surface area contributed by atoms with E-state index in [9.17, 15) is 18.0 Å². The highest BCUT2D eigenvalue weighted by Crippen LogP contribution is 2.34. The summed E-state index contributed by atoms with van der Waals surface area (Å²) in [6.07, 6.45) is 7.57. The van der Waals surface area contributed by atoms with Crippen molar-refractivity contribution in [3.63, 3.8) is 0 Å². The summed E-state index contributed by atoms with van der Waals surface area (Å²) in [5.74, 6) is 1.33. The molecule has 4 rings (SSSR count). The lowest BCUT2D eigenvalue weighted by Gasteiger charge is -2.34. The predicted octanol–water partition coefficient (Wildman–Crippen LogP) is 3.81. The molecule has 3 aliphatic rings. The molecule has 1 saturated carbocycles. The van der Waals surface area contributed by atoms with Gasteiger partial charge in [0, 0.05) is 31.0 Å². The van der Waals surface area contributed by atoms with Crippen molar-refractivity contribution in [1.29, 1.82) is 0 Å². The lowest BCUT2D eigenvalue weighted by atomic mass is 9.88. The van der Waals surface area contributed by atoms with E-state index in [1.807, 2.05) is 26.0 Å². The molecule has 2 fully saturated rings. The van der Waals surface area contributed by atoms with E-state index < -0.39 is 21.7 Å². The van der Waals surface area contributed by atoms with E-state index in [4.69, 9.17) is 9.73 Å². The first kappa shape index (κ1) is 27.3. The fourth-order valence-corrected chi connectivity index (χ4v) is 6.22. The van der Waals surface area contributed by atoms with Crippen LogP contribution in [0.25, 0.3) is 6.08 Å². The molecule has 1 aromatic carbocycles. The van der Waals surface area contributed by atoms with Crippen molar-refractivity contribution in [2.45, 2.75) is 70.9 Å². The van der Waals surface area contributed by atoms with Crippen LogP contribution in [0.5, 0.6) is 0 Å². The molecule has 1 aromatic rings. The zero-order chi connectivity index (χ0) is 26.5. The predicted molar refractivity (Wildman–Crippen MR) is 143 cm³/mol. The number of rotatable bonds is 8. The van der Waals surface area contributed by atoms with Crippen LogP contribution in [-0.2, 0) is 26.1 Å². The SMILES string of the molecule is CC(C)COC(=O)NCc1ccc(C=CS(=O)(=O)N2CCC3(CC2)N=C(C2CCCCC2)NC3=O)cc1. The summed E-state index contributed by atoms with van der Waals surface area (Å²) in [5.41, 5.74) is 0.791. The standard InChI is InChI=1S/C27H38N4O5S/c1-20(2)19-36-26(33)28-18-22-10-8-21(9-11-22)12-17-37(34,35)31-15-13-27(14-16-31)25(32)29-24(30-27)23-6-4-3-5-7-23/h8-12,17,20,23H,3-7,13-16,18-19H2,1-2H3,(H,28,33)(H,29,30,32). The Balaban J connectivity index is 1.29. The van der Waals surface area contributed by atoms with Gasteiger partial charge in [0.25, 0.3) is 5.91 Å². The molecule has 0 bridgehead atoms. The summed E-state index contributed by atoms with van der Waals surface area (Å²) in [7, 11) is -3.63. The molecule has 0 atom stereocenters. The number of nitrogens with one attached hydrogen (secondary N) is 2. The van der Waals surface area contributed by atoms with Gasteiger partial charge in [0.15, 0.2) is 0 Å². The second-order valence-electron chi connectivity index (χ2n) is 10.7. The molecule has 37 heavy (non-hydrogen) atoms. The first-order valence-corrected chi connectivity index (χ1v) is 14.8. The number of sulfonamides is 1. The number of amides is 2. The summed E-state index contributed by atoms with van der Waals surface area (Å²) in [6.45, 7) is 5.16. The smallest absolute Gasteiger partial charge is 0.407 e. The minimum Gasteiger partial charge on any atom is -0.449 e. The zero-order valence-corrected chi connectivity index (χ0v) is 22.6. The van der Waals surface area contributed by atoms with Crippen molar-refractivity contribution >= 4 is 33.9 Å². The molecular weight excluding hydrogens is 492 g/mol. The van der Waals surface area contributed by atoms with Crippen molar-refractivity contribution in [2.24, 2.45) is 16.8 Å². The highest BCUT2D eigenvalue weighted by atomic mass is 32.2. The fourth-order valence-electron chi connectivity index (χ4n) is 5.03. The van der Waals surface area contributed by atoms with E-state index in [0.29, 0.717) is 31.9 Å². The second kappa shape index (κ2) is 11.8. The Morgan fingerprint density at radius 2 is 1.86 bits per heavy atom. The second-order valence-corrected chi connectivity index (χ2v) is 12.5. The molecule has 9 nitrogen and oxygen atoms in total. The number of aliphatic imine (C=N–C) groups is 1. The maximum atomic E-state index is 13.0. The highest BCUT2D eigenvalue weighted by molar-refractivity contribution is 7.92. The summed E-state index contributed by atoms with van der Waals surface area (Å²) < 4.78 is 32.4. The lowest BCUT2D eigenvalue weighted by molar-refractivity contribution is -0.125. The van der Waals surface area contributed by atoms with E-state index in [-0.39, 0.29) is 24.9 Å². The van der Waals surface area contributed by atoms with Crippen LogP contribution in [0, 0.1) is 11.8 Å². The average Bonchev–Trinajstić information content (AvgIpc) is 3.21. The van der Waals surface area contributed by atoms with Gasteiger partial charge in [0.2, 0.25) is 10.0 Å². The van der Waals surface area contributed by atoms with E-state index in [1.54, 1.807) is 18.2 Å². The molecule has 0 aromatic heterocycles. The van der Waals surface area contributed by atoms with Crippen LogP contribution in [0.4, 0.5) is 4.79 Å². The van der Waals surface area contributed by atoms with Gasteiger partial charge in [0.1, 0.15) is 11.4 Å². The third-order valence-electron chi connectivity index (χ3n) is 7.30. The summed E-state index contributed by atoms with van der Waals surface area (Å²) in [6, 6.07) is 7.27. The number of ether oxygens (including phenoxy) is 1. The molecule has 2 N–H and O–H groups in total. The lowest BCUT2D eigenvalue weighted by Crippen LogP contribution is -2.50. The molecule has 10 heteroatoms. The fraction of sp³-hybridized carbons (Fsp3) is 0.593. The molecule has 1 spiro atoms. The van der Waals surface area contributed by atoms with E-state index in [0.717, 1.165) is 42.6 Å². The number of amidine groups is 1. The van der Waals surface area contributed by atoms with Crippen LogP contribution in [-0.4, -0.2) is 55.8 Å². The van der Waals surface area contributed by atoms with Gasteiger partial charge in [0.05, 0.1) is 6.61 Å². The molecular formula is C27H38N4O5S. The largest absolute Gasteiger partial charge is 0.449 e. The monoisotopic (exact) mass is 530 g/mol. The number of nitrogens with zero attached hydrogens (tertiary/aromatic N) is 2. The number of hydrogen-bond donors (Lipinski definition) is 2. The molecule has 0 radical (unpaired) electrons. The van der Waals surface area contributed by atoms with Crippen LogP contribution in [0.2, 0.25) is 0 Å². The Bertz CT molecular complexity index is 1130. The van der Waals surface area contributed by atoms with Crippen molar-refractivity contribution in [2.75, 3.05) is 19.7 Å². The van der Waals surface area contributed by atoms with Crippen molar-refractivity contribution in [1.82, 2.24) is 14.9 Å². The van der Waals surface area contributed by atoms with Crippen molar-refractivity contribution in [3.05, 3.63) is 40.8 Å². The van der Waals surface area contributed by atoms with Crippen LogP contribution in [0.3, 0.4) is 0 Å². The molecule has 202 valence electrons. The van der Waals surface area contributed by atoms with Crippen LogP contribution in [0.15, 0.2) is 34.7 Å². The van der Waals surface area contributed by atoms with Crippen LogP contribution in [0.1, 0.15) is 69.9 Å². The van der Waals surface area contributed by atoms with E-state index in [2.05, 4.69) is 10.6 Å². The Labute approximate surface area is 219 Å². The molecule has 1 aliphatic carbocycles. The van der Waals surface area contributed by atoms with Gasteiger partial charge in [-0.1, -0.05) is 57.4 Å². The minimum atomic E-state index is -3.63. The Morgan fingerprint density at radius 3 is 2.51 bits per heavy atom. The summed E-state index contributed by atoms with van der Waals surface area (Å²) in [4.78, 5) is 29.3. The van der Waals surface area contributed by atoms with Gasteiger partial charge in [-0.2, -0.15) is 4.31 Å². The quantitative estimate of drug-likeness (QED) is 0.530. The van der Waals surface area contributed by atoms with Gasteiger partial charge >= 0.3 is 6.09 Å². The summed E-state index contributed by atoms with van der Waals surface area (Å²) >= 11 is 0. The number of carbonyl (C=O) groups is 2. The molecule has 2 amide bonds. The van der Waals surface area contributed by atoms with E-state index >= 15 is 0 Å². The maximum absolute atomic E-state index is 13.0. The van der Waals surface area contributed by atoms with Gasteiger partial charge in [-0.25, -0.2) is 13.2 Å². The topological polar surface area (TPSA) is 117 Å². The number of carbonyl (C=O) groups excluding carboxylic acids is 2. The molecule has 2 aliphatic heterocycles. The maximum Gasteiger partial charge on any atom is 0.407 e. The number of alkyl carbamates (subject to hydrolysis) is 1.